The van der Waals surface area contributed by atoms with E-state index in [1.807, 2.05) is 38.1 Å². The molecule has 0 radical (unpaired) electrons. The largest absolute Gasteiger partial charge is 0.375 e. The zero-order valence-corrected chi connectivity index (χ0v) is 13.3. The molecule has 0 aliphatic heterocycles. The first-order chi connectivity index (χ1) is 10.6. The zero-order chi connectivity index (χ0) is 15.9. The van der Waals surface area contributed by atoms with Crippen molar-refractivity contribution in [2.24, 2.45) is 0 Å². The first-order valence-corrected chi connectivity index (χ1v) is 7.29. The lowest BCUT2D eigenvalue weighted by atomic mass is 10.1. The number of ether oxygens (including phenoxy) is 1. The molecule has 0 saturated heterocycles. The highest BCUT2D eigenvalue weighted by Crippen LogP contribution is 2.16. The van der Waals surface area contributed by atoms with Gasteiger partial charge in [-0.1, -0.05) is 23.7 Å². The fourth-order valence-corrected chi connectivity index (χ4v) is 2.01. The smallest absolute Gasteiger partial charge is 0.167 e. The van der Waals surface area contributed by atoms with Gasteiger partial charge in [0.25, 0.3) is 0 Å². The van der Waals surface area contributed by atoms with Crippen molar-refractivity contribution in [1.82, 2.24) is 10.2 Å². The van der Waals surface area contributed by atoms with Crippen molar-refractivity contribution < 1.29 is 4.74 Å². The summed E-state index contributed by atoms with van der Waals surface area (Å²) in [5.74, 6) is 0.501. The van der Waals surface area contributed by atoms with Gasteiger partial charge in [-0.05, 0) is 37.1 Å². The number of nitriles is 1. The number of rotatable bonds is 6. The van der Waals surface area contributed by atoms with E-state index in [-0.39, 0.29) is 0 Å². The van der Waals surface area contributed by atoms with Crippen molar-refractivity contribution in [1.29, 1.82) is 5.26 Å². The number of halogens is 1. The monoisotopic (exact) mass is 316 g/mol. The van der Waals surface area contributed by atoms with Crippen LogP contribution >= 0.6 is 11.6 Å². The summed E-state index contributed by atoms with van der Waals surface area (Å²) in [5, 5.41) is 21.0. The molecule has 1 aromatic carbocycles. The molecule has 0 aliphatic rings. The summed E-state index contributed by atoms with van der Waals surface area (Å²) in [6.45, 7) is 5.27. The molecule has 2 rings (SSSR count). The number of aromatic nitrogens is 2. The van der Waals surface area contributed by atoms with E-state index in [9.17, 15) is 5.26 Å². The molecule has 0 bridgehead atoms. The molecule has 0 unspecified atom stereocenters. The molecule has 0 spiro atoms. The van der Waals surface area contributed by atoms with Crippen molar-refractivity contribution >= 4 is 17.4 Å². The van der Waals surface area contributed by atoms with Crippen LogP contribution in [0.4, 0.5) is 5.82 Å². The Hall–Kier alpha value is -2.16. The summed E-state index contributed by atoms with van der Waals surface area (Å²) in [5.41, 5.74) is 3.21. The van der Waals surface area contributed by atoms with Crippen LogP contribution in [0.3, 0.4) is 0 Å². The van der Waals surface area contributed by atoms with Crippen molar-refractivity contribution in [3.8, 4) is 6.07 Å². The van der Waals surface area contributed by atoms with Crippen molar-refractivity contribution in [2.45, 2.75) is 20.5 Å². The fourth-order valence-electron chi connectivity index (χ4n) is 1.88. The van der Waals surface area contributed by atoms with Gasteiger partial charge >= 0.3 is 0 Å². The number of hydrogen-bond acceptors (Lipinski definition) is 5. The van der Waals surface area contributed by atoms with Crippen LogP contribution < -0.4 is 5.32 Å². The summed E-state index contributed by atoms with van der Waals surface area (Å²) >= 11 is 5.83. The Labute approximate surface area is 134 Å². The van der Waals surface area contributed by atoms with Gasteiger partial charge < -0.3 is 10.1 Å². The van der Waals surface area contributed by atoms with E-state index in [1.54, 1.807) is 0 Å². The Morgan fingerprint density at radius 2 is 1.95 bits per heavy atom. The molecule has 2 aromatic rings. The SMILES string of the molecule is Cc1nnc(NCCOCc2ccc(Cl)cc2)c(C#N)c1C. The van der Waals surface area contributed by atoms with E-state index < -0.39 is 0 Å². The lowest BCUT2D eigenvalue weighted by Crippen LogP contribution is -2.13. The molecular formula is C16H17ClN4O. The van der Waals surface area contributed by atoms with E-state index in [0.717, 1.165) is 16.8 Å². The molecule has 0 amide bonds. The minimum absolute atomic E-state index is 0.501. The van der Waals surface area contributed by atoms with Crippen LogP contribution in [0.2, 0.25) is 5.02 Å². The first-order valence-electron chi connectivity index (χ1n) is 6.92. The Morgan fingerprint density at radius 3 is 2.64 bits per heavy atom. The third-order valence-electron chi connectivity index (χ3n) is 3.29. The van der Waals surface area contributed by atoms with Crippen LogP contribution in [-0.2, 0) is 11.3 Å². The van der Waals surface area contributed by atoms with Crippen molar-refractivity contribution in [3.05, 3.63) is 51.7 Å². The lowest BCUT2D eigenvalue weighted by molar-refractivity contribution is 0.130. The average Bonchev–Trinajstić information content (AvgIpc) is 2.52. The second kappa shape index (κ2) is 7.74. The minimum Gasteiger partial charge on any atom is -0.375 e. The number of benzene rings is 1. The summed E-state index contributed by atoms with van der Waals surface area (Å²) in [7, 11) is 0. The predicted molar refractivity (Wildman–Crippen MR) is 85.8 cm³/mol. The van der Waals surface area contributed by atoms with Crippen LogP contribution in [-0.4, -0.2) is 23.3 Å². The highest BCUT2D eigenvalue weighted by Gasteiger charge is 2.09. The summed E-state index contributed by atoms with van der Waals surface area (Å²) in [4.78, 5) is 0. The van der Waals surface area contributed by atoms with Crippen molar-refractivity contribution in [3.63, 3.8) is 0 Å². The third-order valence-corrected chi connectivity index (χ3v) is 3.54. The van der Waals surface area contributed by atoms with Gasteiger partial charge in [0.1, 0.15) is 11.6 Å². The predicted octanol–water partition coefficient (Wildman–Crippen LogP) is 3.25. The molecular weight excluding hydrogens is 300 g/mol. The maximum Gasteiger partial charge on any atom is 0.167 e. The number of hydrogen-bond donors (Lipinski definition) is 1. The quantitative estimate of drug-likeness (QED) is 0.828. The summed E-state index contributed by atoms with van der Waals surface area (Å²) < 4.78 is 5.57. The maximum atomic E-state index is 9.20. The Balaban J connectivity index is 1.81. The molecule has 1 aromatic heterocycles. The lowest BCUT2D eigenvalue weighted by Gasteiger charge is -2.10. The van der Waals surface area contributed by atoms with E-state index in [2.05, 4.69) is 21.6 Å². The Bertz CT molecular complexity index is 680. The number of nitrogens with zero attached hydrogens (tertiary/aromatic N) is 3. The average molecular weight is 317 g/mol. The molecule has 1 N–H and O–H groups in total. The molecule has 5 nitrogen and oxygen atoms in total. The van der Waals surface area contributed by atoms with Gasteiger partial charge in [0.05, 0.1) is 18.9 Å². The highest BCUT2D eigenvalue weighted by atomic mass is 35.5. The van der Waals surface area contributed by atoms with E-state index in [4.69, 9.17) is 16.3 Å². The van der Waals surface area contributed by atoms with Gasteiger partial charge in [0, 0.05) is 11.6 Å². The van der Waals surface area contributed by atoms with E-state index in [1.165, 1.54) is 0 Å². The van der Waals surface area contributed by atoms with Crippen LogP contribution in [0, 0.1) is 25.2 Å². The van der Waals surface area contributed by atoms with Gasteiger partial charge in [-0.3, -0.25) is 0 Å². The molecule has 0 aliphatic carbocycles. The molecule has 1 heterocycles. The number of nitrogens with one attached hydrogen (secondary N) is 1. The van der Waals surface area contributed by atoms with Gasteiger partial charge in [0.15, 0.2) is 5.82 Å². The van der Waals surface area contributed by atoms with Crippen LogP contribution in [0.15, 0.2) is 24.3 Å². The third kappa shape index (κ3) is 4.17. The standard InChI is InChI=1S/C16H17ClN4O/c1-11-12(2)20-21-16(15(11)9-18)19-7-8-22-10-13-3-5-14(17)6-4-13/h3-6H,7-8,10H2,1-2H3,(H,19,21). The first kappa shape index (κ1) is 16.2. The second-order valence-electron chi connectivity index (χ2n) is 4.85. The molecule has 0 atom stereocenters. The molecule has 0 fully saturated rings. The van der Waals surface area contributed by atoms with Crippen LogP contribution in [0.5, 0.6) is 0 Å². The normalized spacial score (nSPS) is 10.3. The van der Waals surface area contributed by atoms with Gasteiger partial charge in [-0.15, -0.1) is 5.10 Å². The summed E-state index contributed by atoms with van der Waals surface area (Å²) in [6.07, 6.45) is 0. The molecule has 22 heavy (non-hydrogen) atoms. The van der Waals surface area contributed by atoms with Gasteiger partial charge in [-0.25, -0.2) is 0 Å². The van der Waals surface area contributed by atoms with Gasteiger partial charge in [0.2, 0.25) is 0 Å². The highest BCUT2D eigenvalue weighted by molar-refractivity contribution is 6.30. The topological polar surface area (TPSA) is 70.8 Å². The van der Waals surface area contributed by atoms with Crippen LogP contribution in [0.25, 0.3) is 0 Å². The summed E-state index contributed by atoms with van der Waals surface area (Å²) in [6, 6.07) is 9.69. The van der Waals surface area contributed by atoms with Gasteiger partial charge in [-0.2, -0.15) is 10.4 Å². The zero-order valence-electron chi connectivity index (χ0n) is 12.6. The molecule has 114 valence electrons. The maximum absolute atomic E-state index is 9.20. The van der Waals surface area contributed by atoms with Crippen molar-refractivity contribution in [2.75, 3.05) is 18.5 Å². The van der Waals surface area contributed by atoms with E-state index >= 15 is 0 Å². The Morgan fingerprint density at radius 1 is 1.23 bits per heavy atom. The fraction of sp³-hybridized carbons (Fsp3) is 0.312. The number of aryl methyl sites for hydroxylation is 1. The number of anilines is 1. The molecule has 6 heteroatoms. The minimum atomic E-state index is 0.501. The van der Waals surface area contributed by atoms with Crippen LogP contribution in [0.1, 0.15) is 22.4 Å². The molecule has 0 saturated carbocycles. The van der Waals surface area contributed by atoms with E-state index in [0.29, 0.717) is 36.2 Å². The second-order valence-corrected chi connectivity index (χ2v) is 5.29. The Kier molecular flexibility index (Phi) is 5.70.